The van der Waals surface area contributed by atoms with Crippen LogP contribution < -0.4 is 5.32 Å². The maximum absolute atomic E-state index is 4.75. The largest absolute Gasteiger partial charge is 0.313 e. The molecule has 0 aliphatic carbocycles. The van der Waals surface area contributed by atoms with Crippen LogP contribution >= 0.6 is 23.1 Å². The lowest BCUT2D eigenvalue weighted by molar-refractivity contribution is 0.569. The van der Waals surface area contributed by atoms with Crippen molar-refractivity contribution in [1.82, 2.24) is 10.3 Å². The Labute approximate surface area is 130 Å². The normalized spacial score (nSPS) is 13.8. The van der Waals surface area contributed by atoms with Crippen LogP contribution in [-0.2, 0) is 6.42 Å². The molecule has 0 spiro atoms. The van der Waals surface area contributed by atoms with Gasteiger partial charge in [0.15, 0.2) is 0 Å². The van der Waals surface area contributed by atoms with E-state index in [0.29, 0.717) is 10.8 Å². The maximum Gasteiger partial charge on any atom is 0.0954 e. The Hall–Kier alpha value is -0.580. The molecule has 1 atom stereocenters. The number of hydrogen-bond donors (Lipinski definition) is 1. The number of nitrogens with zero attached hydrogens (tertiary/aromatic N) is 1. The summed E-state index contributed by atoms with van der Waals surface area (Å²) in [6, 6.07) is 8.90. The average Bonchev–Trinajstić information content (AvgIpc) is 2.77. The molecule has 1 unspecified atom stereocenters. The summed E-state index contributed by atoms with van der Waals surface area (Å²) in [5.41, 5.74) is 1.13. The molecule has 0 saturated carbocycles. The minimum Gasteiger partial charge on any atom is -0.313 e. The number of thiazole rings is 1. The van der Waals surface area contributed by atoms with Gasteiger partial charge in [0.05, 0.1) is 15.2 Å². The molecule has 0 bridgehead atoms. The summed E-state index contributed by atoms with van der Waals surface area (Å²) in [6.45, 7) is 10.0. The summed E-state index contributed by atoms with van der Waals surface area (Å²) in [5, 5.41) is 4.84. The number of nitrogens with one attached hydrogen (secondary N) is 1. The van der Waals surface area contributed by atoms with E-state index >= 15 is 0 Å². The highest BCUT2D eigenvalue weighted by molar-refractivity contribution is 8.00. The number of aromatic nitrogens is 1. The van der Waals surface area contributed by atoms with Crippen molar-refractivity contribution in [2.45, 2.75) is 44.9 Å². The highest BCUT2D eigenvalue weighted by Gasteiger charge is 2.17. The Morgan fingerprint density at radius 3 is 2.70 bits per heavy atom. The van der Waals surface area contributed by atoms with Crippen LogP contribution in [0.4, 0.5) is 0 Å². The number of thioether (sulfide) groups is 1. The molecule has 2 aromatic rings. The van der Waals surface area contributed by atoms with Crippen molar-refractivity contribution < 1.29 is 0 Å². The molecule has 0 aliphatic heterocycles. The van der Waals surface area contributed by atoms with E-state index in [1.807, 2.05) is 23.1 Å². The number of para-hydroxylation sites is 1. The van der Waals surface area contributed by atoms with Gasteiger partial charge in [-0.3, -0.25) is 0 Å². The summed E-state index contributed by atoms with van der Waals surface area (Å²) >= 11 is 3.85. The molecule has 1 N–H and O–H groups in total. The third kappa shape index (κ3) is 4.76. The third-order valence-electron chi connectivity index (χ3n) is 2.97. The van der Waals surface area contributed by atoms with Gasteiger partial charge < -0.3 is 5.32 Å². The first-order valence-electron chi connectivity index (χ1n) is 7.19. The van der Waals surface area contributed by atoms with Crippen LogP contribution in [0.5, 0.6) is 0 Å². The van der Waals surface area contributed by atoms with Crippen molar-refractivity contribution in [2.24, 2.45) is 0 Å². The molecule has 0 amide bonds. The molecule has 1 aromatic carbocycles. The minimum absolute atomic E-state index is 0.321. The summed E-state index contributed by atoms with van der Waals surface area (Å²) < 4.78 is 1.61. The second-order valence-corrected chi connectivity index (χ2v) is 8.92. The molecule has 0 saturated heterocycles. The molecule has 0 aliphatic rings. The fourth-order valence-corrected chi connectivity index (χ4v) is 4.03. The van der Waals surface area contributed by atoms with Crippen LogP contribution in [0.1, 0.15) is 32.7 Å². The second-order valence-electron chi connectivity index (χ2n) is 5.96. The highest BCUT2D eigenvalue weighted by atomic mass is 32.2. The van der Waals surface area contributed by atoms with Gasteiger partial charge in [0.25, 0.3) is 0 Å². The number of hydrogen-bond acceptors (Lipinski definition) is 4. The molecule has 1 aromatic heterocycles. The van der Waals surface area contributed by atoms with E-state index in [4.69, 9.17) is 4.98 Å². The molecule has 110 valence electrons. The molecule has 4 heteroatoms. The standard InChI is InChI=1S/C16H24N2S2/c1-5-17-12(11-19-16(2,3)4)10-15-18-13-8-6-7-9-14(13)20-15/h6-9,12,17H,5,10-11H2,1-4H3. The highest BCUT2D eigenvalue weighted by Crippen LogP contribution is 2.26. The summed E-state index contributed by atoms with van der Waals surface area (Å²) in [5.74, 6) is 1.13. The number of rotatable bonds is 6. The molecule has 0 radical (unpaired) electrons. The molecule has 2 nitrogen and oxygen atoms in total. The van der Waals surface area contributed by atoms with Crippen molar-refractivity contribution in [1.29, 1.82) is 0 Å². The van der Waals surface area contributed by atoms with Gasteiger partial charge in [0, 0.05) is 23.0 Å². The number of fused-ring (bicyclic) bond motifs is 1. The van der Waals surface area contributed by atoms with Crippen molar-refractivity contribution in [3.63, 3.8) is 0 Å². The molecule has 2 rings (SSSR count). The molecule has 20 heavy (non-hydrogen) atoms. The van der Waals surface area contributed by atoms with Gasteiger partial charge in [-0.25, -0.2) is 4.98 Å². The Balaban J connectivity index is 2.03. The van der Waals surface area contributed by atoms with Crippen LogP contribution in [-0.4, -0.2) is 28.1 Å². The van der Waals surface area contributed by atoms with Gasteiger partial charge in [-0.15, -0.1) is 11.3 Å². The summed E-state index contributed by atoms with van der Waals surface area (Å²) in [6.07, 6.45) is 1.02. The lowest BCUT2D eigenvalue weighted by atomic mass is 10.2. The van der Waals surface area contributed by atoms with E-state index in [0.717, 1.165) is 24.2 Å². The van der Waals surface area contributed by atoms with E-state index < -0.39 is 0 Å². The van der Waals surface area contributed by atoms with E-state index in [1.54, 1.807) is 0 Å². The van der Waals surface area contributed by atoms with E-state index in [-0.39, 0.29) is 0 Å². The zero-order chi connectivity index (χ0) is 14.6. The maximum atomic E-state index is 4.75. The zero-order valence-electron chi connectivity index (χ0n) is 12.8. The van der Waals surface area contributed by atoms with Gasteiger partial charge in [-0.1, -0.05) is 39.8 Å². The summed E-state index contributed by atoms with van der Waals surface area (Å²) in [7, 11) is 0. The second kappa shape index (κ2) is 6.92. The fraction of sp³-hybridized carbons (Fsp3) is 0.562. The molecule has 0 fully saturated rings. The Morgan fingerprint density at radius 2 is 2.05 bits per heavy atom. The average molecular weight is 309 g/mol. The van der Waals surface area contributed by atoms with Gasteiger partial charge in [0.2, 0.25) is 0 Å². The smallest absolute Gasteiger partial charge is 0.0954 e. The lowest BCUT2D eigenvalue weighted by Crippen LogP contribution is -2.34. The Kier molecular flexibility index (Phi) is 5.47. The van der Waals surface area contributed by atoms with Crippen LogP contribution in [0.3, 0.4) is 0 Å². The fourth-order valence-electron chi connectivity index (χ4n) is 2.05. The predicted octanol–water partition coefficient (Wildman–Crippen LogP) is 4.35. The van der Waals surface area contributed by atoms with Crippen molar-refractivity contribution in [3.05, 3.63) is 29.3 Å². The topological polar surface area (TPSA) is 24.9 Å². The van der Waals surface area contributed by atoms with Gasteiger partial charge in [-0.2, -0.15) is 11.8 Å². The SMILES string of the molecule is CCNC(CSC(C)(C)C)Cc1nc2ccccc2s1. The van der Waals surface area contributed by atoms with Crippen molar-refractivity contribution in [3.8, 4) is 0 Å². The number of likely N-dealkylation sites (N-methyl/N-ethyl adjacent to an activating group) is 1. The minimum atomic E-state index is 0.321. The van der Waals surface area contributed by atoms with Gasteiger partial charge >= 0.3 is 0 Å². The monoisotopic (exact) mass is 308 g/mol. The number of benzene rings is 1. The van der Waals surface area contributed by atoms with E-state index in [9.17, 15) is 0 Å². The van der Waals surface area contributed by atoms with Crippen molar-refractivity contribution in [2.75, 3.05) is 12.3 Å². The van der Waals surface area contributed by atoms with E-state index in [1.165, 1.54) is 9.71 Å². The Bertz CT molecular complexity index is 510. The molecular formula is C16H24N2S2. The Morgan fingerprint density at radius 1 is 1.30 bits per heavy atom. The lowest BCUT2D eigenvalue weighted by Gasteiger charge is -2.23. The first kappa shape index (κ1) is 15.8. The van der Waals surface area contributed by atoms with Crippen LogP contribution in [0.2, 0.25) is 0 Å². The van der Waals surface area contributed by atoms with Crippen molar-refractivity contribution >= 4 is 33.3 Å². The quantitative estimate of drug-likeness (QED) is 0.859. The first-order valence-corrected chi connectivity index (χ1v) is 9.00. The predicted molar refractivity (Wildman–Crippen MR) is 93.0 cm³/mol. The summed E-state index contributed by atoms with van der Waals surface area (Å²) in [4.78, 5) is 4.75. The van der Waals surface area contributed by atoms with Crippen LogP contribution in [0.15, 0.2) is 24.3 Å². The van der Waals surface area contributed by atoms with Crippen LogP contribution in [0, 0.1) is 0 Å². The third-order valence-corrected chi connectivity index (χ3v) is 5.46. The molecular weight excluding hydrogens is 284 g/mol. The van der Waals surface area contributed by atoms with E-state index in [2.05, 4.69) is 57.3 Å². The first-order chi connectivity index (χ1) is 9.48. The van der Waals surface area contributed by atoms with Gasteiger partial charge in [-0.05, 0) is 18.7 Å². The molecule has 1 heterocycles. The van der Waals surface area contributed by atoms with Crippen LogP contribution in [0.25, 0.3) is 10.2 Å². The zero-order valence-corrected chi connectivity index (χ0v) is 14.4. The van der Waals surface area contributed by atoms with Gasteiger partial charge in [0.1, 0.15) is 0 Å².